The lowest BCUT2D eigenvalue weighted by molar-refractivity contribution is -0.161. The molecule has 0 fully saturated rings. The molecule has 17 nitrogen and oxygen atoms in total. The molecule has 0 aromatic carbocycles. The minimum Gasteiger partial charge on any atom is -0.462 e. The van der Waals surface area contributed by atoms with E-state index in [-0.39, 0.29) is 25.7 Å². The Bertz CT molecular complexity index is 1890. The number of carbonyl (C=O) groups is 4. The first-order valence-corrected chi connectivity index (χ1v) is 42.7. The summed E-state index contributed by atoms with van der Waals surface area (Å²) in [6.07, 6.45) is 51.5. The quantitative estimate of drug-likeness (QED) is 0.0222. The van der Waals surface area contributed by atoms with Crippen molar-refractivity contribution in [3.8, 4) is 0 Å². The summed E-state index contributed by atoms with van der Waals surface area (Å²) >= 11 is 0. The monoisotopic (exact) mass is 1410 g/mol. The molecule has 0 amide bonds. The highest BCUT2D eigenvalue weighted by atomic mass is 31.2. The predicted octanol–water partition coefficient (Wildman–Crippen LogP) is 22.4. The second-order valence-electron chi connectivity index (χ2n) is 29.4. The molecule has 0 radical (unpaired) electrons. The number of ether oxygens (including phenoxy) is 4. The number of phosphoric ester groups is 2. The number of hydrogen-bond acceptors (Lipinski definition) is 15. The van der Waals surface area contributed by atoms with Gasteiger partial charge in [-0.25, -0.2) is 9.13 Å². The molecule has 570 valence electrons. The first-order chi connectivity index (χ1) is 46.1. The molecule has 96 heavy (non-hydrogen) atoms. The van der Waals surface area contributed by atoms with E-state index in [2.05, 4.69) is 55.4 Å². The highest BCUT2D eigenvalue weighted by molar-refractivity contribution is 7.47. The van der Waals surface area contributed by atoms with Crippen LogP contribution in [-0.4, -0.2) is 96.7 Å². The summed E-state index contributed by atoms with van der Waals surface area (Å²) in [6.45, 7) is 14.2. The van der Waals surface area contributed by atoms with Crippen LogP contribution in [0.1, 0.15) is 389 Å². The van der Waals surface area contributed by atoms with Crippen LogP contribution >= 0.6 is 15.6 Å². The Kier molecular flexibility index (Phi) is 65.0. The molecule has 0 bridgehead atoms. The topological polar surface area (TPSA) is 237 Å². The Labute approximate surface area is 588 Å². The molecule has 0 aliphatic carbocycles. The van der Waals surface area contributed by atoms with Gasteiger partial charge in [0.15, 0.2) is 12.2 Å². The SMILES string of the molecule is CCC(C)CCCCCCCCCCCCCCCCC(=O)O[C@H](COC(=O)CCCCCCCCCCCCCCCCCC(C)C)COP(=O)(O)OC[C@@H](O)COP(=O)(O)OC[C@@H](COC(=O)CCCCCCCCC(C)C)OC(=O)CCCCCCCCCCC(C)C. The maximum absolute atomic E-state index is 13.1. The summed E-state index contributed by atoms with van der Waals surface area (Å²) in [6, 6.07) is 0. The van der Waals surface area contributed by atoms with Crippen molar-refractivity contribution >= 4 is 39.5 Å². The van der Waals surface area contributed by atoms with E-state index in [4.69, 9.17) is 37.0 Å². The number of carbonyl (C=O) groups excluding carboxylic acids is 4. The highest BCUT2D eigenvalue weighted by Crippen LogP contribution is 2.45. The second kappa shape index (κ2) is 66.3. The maximum Gasteiger partial charge on any atom is 0.472 e. The molecule has 19 heteroatoms. The lowest BCUT2D eigenvalue weighted by atomic mass is 9.99. The van der Waals surface area contributed by atoms with Gasteiger partial charge in [-0.3, -0.25) is 37.3 Å². The average Bonchev–Trinajstić information content (AvgIpc) is 3.63. The zero-order valence-corrected chi connectivity index (χ0v) is 64.8. The van der Waals surface area contributed by atoms with Gasteiger partial charge >= 0.3 is 39.5 Å². The van der Waals surface area contributed by atoms with Gasteiger partial charge in [0.1, 0.15) is 19.3 Å². The van der Waals surface area contributed by atoms with E-state index in [1.165, 1.54) is 186 Å². The van der Waals surface area contributed by atoms with Crippen LogP contribution in [0.15, 0.2) is 0 Å². The van der Waals surface area contributed by atoms with Crippen LogP contribution < -0.4 is 0 Å². The van der Waals surface area contributed by atoms with Crippen molar-refractivity contribution in [1.29, 1.82) is 0 Å². The molecule has 0 spiro atoms. The zero-order chi connectivity index (χ0) is 71.0. The first kappa shape index (κ1) is 94.1. The number of aliphatic hydroxyl groups is 1. The van der Waals surface area contributed by atoms with Crippen LogP contribution in [0, 0.1) is 23.7 Å². The molecular formula is C77H150O17P2. The maximum atomic E-state index is 13.1. The van der Waals surface area contributed by atoms with Gasteiger partial charge in [-0.1, -0.05) is 338 Å². The molecule has 0 saturated carbocycles. The Morgan fingerprint density at radius 1 is 0.292 bits per heavy atom. The van der Waals surface area contributed by atoms with Crippen molar-refractivity contribution in [2.75, 3.05) is 39.6 Å². The van der Waals surface area contributed by atoms with Crippen LogP contribution in [0.2, 0.25) is 0 Å². The van der Waals surface area contributed by atoms with Crippen molar-refractivity contribution < 1.29 is 80.2 Å². The van der Waals surface area contributed by atoms with Gasteiger partial charge in [-0.2, -0.15) is 0 Å². The smallest absolute Gasteiger partial charge is 0.462 e. The van der Waals surface area contributed by atoms with Gasteiger partial charge in [0.2, 0.25) is 0 Å². The number of unbranched alkanes of at least 4 members (excludes halogenated alkanes) is 39. The Morgan fingerprint density at radius 3 is 0.740 bits per heavy atom. The molecule has 0 saturated heterocycles. The Balaban J connectivity index is 5.22. The molecule has 0 aliphatic rings. The van der Waals surface area contributed by atoms with E-state index < -0.39 is 97.5 Å². The van der Waals surface area contributed by atoms with E-state index in [0.29, 0.717) is 31.6 Å². The standard InChI is InChI=1S/C77H150O17P2/c1-9-70(8)56-48-40-31-24-20-16-13-14-18-22-26-33-43-51-59-76(81)93-72(63-87-74(79)57-49-41-32-25-21-17-12-10-11-15-19-23-29-37-45-53-67(2)3)65-91-95(83,84)89-61-71(78)62-90-96(85,86)92-66-73(64-88-75(80)58-50-42-36-35-39-47-55-69(6)7)94-77(82)60-52-44-34-28-27-30-38-46-54-68(4)5/h67-73,78H,9-66H2,1-8H3,(H,83,84)(H,85,86)/t70?,71-,72-,73-/m1/s1. The molecule has 3 unspecified atom stereocenters. The van der Waals surface area contributed by atoms with E-state index in [9.17, 15) is 43.2 Å². The normalized spacial score (nSPS) is 14.4. The number of hydrogen-bond donors (Lipinski definition) is 3. The number of esters is 4. The minimum absolute atomic E-state index is 0.103. The van der Waals surface area contributed by atoms with E-state index in [1.807, 2.05) is 0 Å². The largest absolute Gasteiger partial charge is 0.472 e. The van der Waals surface area contributed by atoms with Gasteiger partial charge in [0.25, 0.3) is 0 Å². The zero-order valence-electron chi connectivity index (χ0n) is 63.0. The number of rotatable bonds is 74. The summed E-state index contributed by atoms with van der Waals surface area (Å²) in [4.78, 5) is 72.8. The number of aliphatic hydroxyl groups excluding tert-OH is 1. The van der Waals surface area contributed by atoms with Crippen molar-refractivity contribution in [2.24, 2.45) is 23.7 Å². The molecule has 0 aromatic heterocycles. The predicted molar refractivity (Wildman–Crippen MR) is 391 cm³/mol. The third kappa shape index (κ3) is 69.2. The first-order valence-electron chi connectivity index (χ1n) is 39.7. The van der Waals surface area contributed by atoms with Crippen molar-refractivity contribution in [3.63, 3.8) is 0 Å². The van der Waals surface area contributed by atoms with Gasteiger partial charge < -0.3 is 33.8 Å². The molecule has 3 N–H and O–H groups in total. The van der Waals surface area contributed by atoms with Crippen LogP contribution in [0.3, 0.4) is 0 Å². The van der Waals surface area contributed by atoms with Gasteiger partial charge in [-0.15, -0.1) is 0 Å². The van der Waals surface area contributed by atoms with Gasteiger partial charge in [-0.05, 0) is 49.4 Å². The van der Waals surface area contributed by atoms with Gasteiger partial charge in [0.05, 0.1) is 26.4 Å². The lowest BCUT2D eigenvalue weighted by Gasteiger charge is -2.21. The molecule has 0 aromatic rings. The number of phosphoric acid groups is 2. The summed E-state index contributed by atoms with van der Waals surface area (Å²) in [7, 11) is -9.91. The fourth-order valence-electron chi connectivity index (χ4n) is 11.7. The van der Waals surface area contributed by atoms with E-state index >= 15 is 0 Å². The van der Waals surface area contributed by atoms with Crippen molar-refractivity contribution in [1.82, 2.24) is 0 Å². The van der Waals surface area contributed by atoms with Crippen molar-refractivity contribution in [2.45, 2.75) is 408 Å². The average molecular weight is 1410 g/mol. The minimum atomic E-state index is -4.96. The van der Waals surface area contributed by atoms with Crippen LogP contribution in [0.25, 0.3) is 0 Å². The summed E-state index contributed by atoms with van der Waals surface area (Å²) < 4.78 is 68.5. The third-order valence-electron chi connectivity index (χ3n) is 18.2. The van der Waals surface area contributed by atoms with Gasteiger partial charge in [0, 0.05) is 25.7 Å². The van der Waals surface area contributed by atoms with Crippen molar-refractivity contribution in [3.05, 3.63) is 0 Å². The van der Waals surface area contributed by atoms with Crippen LogP contribution in [-0.2, 0) is 65.4 Å². The van der Waals surface area contributed by atoms with Crippen LogP contribution in [0.4, 0.5) is 0 Å². The molecule has 0 rings (SSSR count). The van der Waals surface area contributed by atoms with Crippen LogP contribution in [0.5, 0.6) is 0 Å². The second-order valence-corrected chi connectivity index (χ2v) is 32.3. The summed E-state index contributed by atoms with van der Waals surface area (Å²) in [5.74, 6) is 0.927. The summed E-state index contributed by atoms with van der Waals surface area (Å²) in [5, 5.41) is 10.6. The van der Waals surface area contributed by atoms with E-state index in [0.717, 1.165) is 114 Å². The van der Waals surface area contributed by atoms with E-state index in [1.54, 1.807) is 0 Å². The Morgan fingerprint density at radius 2 is 0.500 bits per heavy atom. The fourth-order valence-corrected chi connectivity index (χ4v) is 13.3. The molecule has 0 aliphatic heterocycles. The molecule has 0 heterocycles. The third-order valence-corrected chi connectivity index (χ3v) is 20.1. The lowest BCUT2D eigenvalue weighted by Crippen LogP contribution is -2.30. The molecule has 6 atom stereocenters. The fraction of sp³-hybridized carbons (Fsp3) is 0.948. The molecular weight excluding hydrogens is 1260 g/mol. The highest BCUT2D eigenvalue weighted by Gasteiger charge is 2.30. The summed E-state index contributed by atoms with van der Waals surface area (Å²) in [5.41, 5.74) is 0. The Hall–Kier alpha value is -1.94.